The number of non-ortho nitro benzene ring substituents is 1. The van der Waals surface area contributed by atoms with Gasteiger partial charge in [0.15, 0.2) is 0 Å². The lowest BCUT2D eigenvalue weighted by molar-refractivity contribution is -0.384. The standard InChI is InChI=1S/C12H16N2O2/c15-14(16)12-8-6-11(7-9-12)13-10-4-2-1-3-5-10/h6-10,13H,1-5H2. The van der Waals surface area contributed by atoms with E-state index in [1.807, 2.05) is 0 Å². The van der Waals surface area contributed by atoms with Gasteiger partial charge < -0.3 is 5.32 Å². The minimum Gasteiger partial charge on any atom is -0.382 e. The van der Waals surface area contributed by atoms with Gasteiger partial charge >= 0.3 is 0 Å². The highest BCUT2D eigenvalue weighted by molar-refractivity contribution is 5.49. The van der Waals surface area contributed by atoms with Gasteiger partial charge in [-0.3, -0.25) is 10.1 Å². The van der Waals surface area contributed by atoms with Gasteiger partial charge in [-0.05, 0) is 25.0 Å². The van der Waals surface area contributed by atoms with Crippen LogP contribution in [0.1, 0.15) is 32.1 Å². The second-order valence-corrected chi connectivity index (χ2v) is 4.28. The number of hydrogen-bond acceptors (Lipinski definition) is 3. The van der Waals surface area contributed by atoms with Gasteiger partial charge in [0, 0.05) is 23.9 Å². The maximum atomic E-state index is 10.5. The monoisotopic (exact) mass is 220 g/mol. The maximum absolute atomic E-state index is 10.5. The van der Waals surface area contributed by atoms with E-state index in [4.69, 9.17) is 0 Å². The SMILES string of the molecule is O=[N+]([O-])c1ccc(NC2CCCCC2)cc1. The normalized spacial score (nSPS) is 17.0. The molecule has 1 aliphatic carbocycles. The molecule has 0 unspecified atom stereocenters. The molecule has 4 heteroatoms. The van der Waals surface area contributed by atoms with Gasteiger partial charge in [0.25, 0.3) is 5.69 Å². The van der Waals surface area contributed by atoms with Crippen molar-refractivity contribution in [1.29, 1.82) is 0 Å². The van der Waals surface area contributed by atoms with E-state index in [1.54, 1.807) is 24.3 Å². The van der Waals surface area contributed by atoms with Crippen molar-refractivity contribution < 1.29 is 4.92 Å². The Balaban J connectivity index is 1.96. The molecule has 1 saturated carbocycles. The van der Waals surface area contributed by atoms with E-state index >= 15 is 0 Å². The summed E-state index contributed by atoms with van der Waals surface area (Å²) in [6, 6.07) is 7.20. The van der Waals surface area contributed by atoms with Crippen LogP contribution in [-0.4, -0.2) is 11.0 Å². The maximum Gasteiger partial charge on any atom is 0.269 e. The van der Waals surface area contributed by atoms with Crippen molar-refractivity contribution in [3.63, 3.8) is 0 Å². The molecule has 1 N–H and O–H groups in total. The quantitative estimate of drug-likeness (QED) is 0.627. The molecule has 0 heterocycles. The van der Waals surface area contributed by atoms with E-state index in [2.05, 4.69) is 5.32 Å². The van der Waals surface area contributed by atoms with Crippen molar-refractivity contribution in [3.8, 4) is 0 Å². The van der Waals surface area contributed by atoms with Crippen molar-refractivity contribution in [3.05, 3.63) is 34.4 Å². The van der Waals surface area contributed by atoms with Crippen LogP contribution in [0.5, 0.6) is 0 Å². The first kappa shape index (κ1) is 10.9. The van der Waals surface area contributed by atoms with Gasteiger partial charge in [0.05, 0.1) is 4.92 Å². The second-order valence-electron chi connectivity index (χ2n) is 4.28. The summed E-state index contributed by atoms with van der Waals surface area (Å²) in [6.45, 7) is 0. The number of nitro groups is 1. The predicted octanol–water partition coefficient (Wildman–Crippen LogP) is 3.34. The van der Waals surface area contributed by atoms with Crippen molar-refractivity contribution in [1.82, 2.24) is 0 Å². The van der Waals surface area contributed by atoms with E-state index < -0.39 is 0 Å². The first-order chi connectivity index (χ1) is 7.75. The number of rotatable bonds is 3. The fraction of sp³-hybridized carbons (Fsp3) is 0.500. The van der Waals surface area contributed by atoms with E-state index in [0.717, 1.165) is 5.69 Å². The first-order valence-corrected chi connectivity index (χ1v) is 5.77. The van der Waals surface area contributed by atoms with Crippen molar-refractivity contribution >= 4 is 11.4 Å². The van der Waals surface area contributed by atoms with Crippen LogP contribution in [0.4, 0.5) is 11.4 Å². The Bertz CT molecular complexity index is 356. The van der Waals surface area contributed by atoms with Crippen LogP contribution in [0, 0.1) is 10.1 Å². The third-order valence-electron chi connectivity index (χ3n) is 3.05. The fourth-order valence-corrected chi connectivity index (χ4v) is 2.16. The zero-order chi connectivity index (χ0) is 11.4. The molecule has 0 atom stereocenters. The molecule has 4 nitrogen and oxygen atoms in total. The van der Waals surface area contributed by atoms with Crippen LogP contribution in [0.15, 0.2) is 24.3 Å². The number of nitrogens with zero attached hydrogens (tertiary/aromatic N) is 1. The Morgan fingerprint density at radius 2 is 1.75 bits per heavy atom. The molecule has 1 aromatic carbocycles. The Kier molecular flexibility index (Phi) is 3.39. The smallest absolute Gasteiger partial charge is 0.269 e. The summed E-state index contributed by atoms with van der Waals surface area (Å²) in [5.41, 5.74) is 1.13. The molecule has 0 spiro atoms. The molecule has 1 aromatic rings. The highest BCUT2D eigenvalue weighted by Gasteiger charge is 2.13. The van der Waals surface area contributed by atoms with Gasteiger partial charge in [-0.15, -0.1) is 0 Å². The Morgan fingerprint density at radius 1 is 1.12 bits per heavy atom. The lowest BCUT2D eigenvalue weighted by Gasteiger charge is -2.23. The number of benzene rings is 1. The van der Waals surface area contributed by atoms with Crippen molar-refractivity contribution in [2.45, 2.75) is 38.1 Å². The molecular weight excluding hydrogens is 204 g/mol. The van der Waals surface area contributed by atoms with E-state index in [-0.39, 0.29) is 10.6 Å². The summed E-state index contributed by atoms with van der Waals surface area (Å²) in [4.78, 5) is 10.1. The first-order valence-electron chi connectivity index (χ1n) is 5.77. The van der Waals surface area contributed by atoms with Crippen molar-refractivity contribution in [2.24, 2.45) is 0 Å². The highest BCUT2D eigenvalue weighted by atomic mass is 16.6. The van der Waals surface area contributed by atoms with E-state index in [1.165, 1.54) is 32.1 Å². The van der Waals surface area contributed by atoms with Gasteiger partial charge in [-0.1, -0.05) is 19.3 Å². The molecule has 0 aromatic heterocycles. The average Bonchev–Trinajstić information content (AvgIpc) is 2.31. The number of anilines is 1. The summed E-state index contributed by atoms with van der Waals surface area (Å²) in [5, 5.41) is 13.9. The zero-order valence-electron chi connectivity index (χ0n) is 9.19. The van der Waals surface area contributed by atoms with E-state index in [9.17, 15) is 10.1 Å². The minimum absolute atomic E-state index is 0.147. The summed E-state index contributed by atoms with van der Waals surface area (Å²) in [6.07, 6.45) is 6.31. The molecular formula is C12H16N2O2. The summed E-state index contributed by atoms with van der Waals surface area (Å²) < 4.78 is 0. The molecule has 0 saturated heterocycles. The summed E-state index contributed by atoms with van der Waals surface area (Å²) >= 11 is 0. The zero-order valence-corrected chi connectivity index (χ0v) is 9.19. The lowest BCUT2D eigenvalue weighted by atomic mass is 9.95. The van der Waals surface area contributed by atoms with Gasteiger partial charge in [-0.25, -0.2) is 0 Å². The highest BCUT2D eigenvalue weighted by Crippen LogP contribution is 2.22. The second kappa shape index (κ2) is 4.96. The van der Waals surface area contributed by atoms with Gasteiger partial charge in [-0.2, -0.15) is 0 Å². The molecule has 16 heavy (non-hydrogen) atoms. The number of nitro benzene ring substituents is 1. The number of nitrogens with one attached hydrogen (secondary N) is 1. The molecule has 0 amide bonds. The third-order valence-corrected chi connectivity index (χ3v) is 3.05. The Hall–Kier alpha value is -1.58. The lowest BCUT2D eigenvalue weighted by Crippen LogP contribution is -2.22. The van der Waals surface area contributed by atoms with Crippen LogP contribution < -0.4 is 5.32 Å². The third kappa shape index (κ3) is 2.72. The molecule has 0 radical (unpaired) electrons. The molecule has 0 bridgehead atoms. The van der Waals surface area contributed by atoms with E-state index in [0.29, 0.717) is 6.04 Å². The van der Waals surface area contributed by atoms with Crippen molar-refractivity contribution in [2.75, 3.05) is 5.32 Å². The Labute approximate surface area is 94.8 Å². The Morgan fingerprint density at radius 3 is 2.31 bits per heavy atom. The largest absolute Gasteiger partial charge is 0.382 e. The predicted molar refractivity (Wildman–Crippen MR) is 63.6 cm³/mol. The van der Waals surface area contributed by atoms with Crippen LogP contribution in [-0.2, 0) is 0 Å². The van der Waals surface area contributed by atoms with Gasteiger partial charge in [0.1, 0.15) is 0 Å². The topological polar surface area (TPSA) is 55.2 Å². The average molecular weight is 220 g/mol. The number of hydrogen-bond donors (Lipinski definition) is 1. The van der Waals surface area contributed by atoms with Crippen LogP contribution in [0.25, 0.3) is 0 Å². The molecule has 86 valence electrons. The van der Waals surface area contributed by atoms with Gasteiger partial charge in [0.2, 0.25) is 0 Å². The molecule has 1 fully saturated rings. The van der Waals surface area contributed by atoms with Crippen LogP contribution in [0.2, 0.25) is 0 Å². The summed E-state index contributed by atoms with van der Waals surface area (Å²) in [5.74, 6) is 0. The molecule has 0 aliphatic heterocycles. The summed E-state index contributed by atoms with van der Waals surface area (Å²) in [7, 11) is 0. The molecule has 1 aliphatic rings. The fourth-order valence-electron chi connectivity index (χ4n) is 2.16. The van der Waals surface area contributed by atoms with Crippen LogP contribution in [0.3, 0.4) is 0 Å². The minimum atomic E-state index is -0.371. The van der Waals surface area contributed by atoms with Crippen LogP contribution >= 0.6 is 0 Å². The molecule has 2 rings (SSSR count).